The van der Waals surface area contributed by atoms with E-state index in [4.69, 9.17) is 15.5 Å². The molecule has 0 spiro atoms. The van der Waals surface area contributed by atoms with E-state index in [9.17, 15) is 4.39 Å². The molecule has 1 heterocycles. The number of ether oxygens (including phenoxy) is 1. The second-order valence-electron chi connectivity index (χ2n) is 9.68. The molecule has 3 unspecified atom stereocenters. The monoisotopic (exact) mass is 440 g/mol. The van der Waals surface area contributed by atoms with Crippen molar-refractivity contribution in [3.8, 4) is 5.75 Å². The van der Waals surface area contributed by atoms with Crippen LogP contribution in [0, 0.1) is 23.6 Å². The van der Waals surface area contributed by atoms with E-state index in [1.165, 1.54) is 58.1 Å². The van der Waals surface area contributed by atoms with Crippen molar-refractivity contribution in [1.29, 1.82) is 0 Å². The van der Waals surface area contributed by atoms with Crippen LogP contribution < -0.4 is 20.7 Å². The Labute approximate surface area is 189 Å². The number of methoxy groups -OCH3 is 1. The molecule has 5 rings (SSSR count). The Morgan fingerprint density at radius 3 is 2.62 bits per heavy atom. The first-order valence-corrected chi connectivity index (χ1v) is 12.0. The number of benzene rings is 1. The van der Waals surface area contributed by atoms with Crippen LogP contribution in [-0.2, 0) is 0 Å². The molecular weight excluding hydrogens is 407 g/mol. The van der Waals surface area contributed by atoms with Crippen LogP contribution in [0.4, 0.5) is 27.9 Å². The van der Waals surface area contributed by atoms with Gasteiger partial charge in [-0.25, -0.2) is 4.39 Å². The molecule has 2 bridgehead atoms. The smallest absolute Gasteiger partial charge is 0.236 e. The van der Waals surface area contributed by atoms with Gasteiger partial charge < -0.3 is 20.7 Å². The zero-order valence-corrected chi connectivity index (χ0v) is 18.8. The predicted octanol–water partition coefficient (Wildman–Crippen LogP) is 4.92. The number of fused-ring (bicyclic) bond motifs is 2. The maximum Gasteiger partial charge on any atom is 0.236 e. The number of aromatic nitrogens is 3. The summed E-state index contributed by atoms with van der Waals surface area (Å²) in [7, 11) is 1.47. The minimum Gasteiger partial charge on any atom is -0.494 e. The molecule has 1 aromatic heterocycles. The number of hydrogen-bond acceptors (Lipinski definition) is 7. The predicted molar refractivity (Wildman–Crippen MR) is 124 cm³/mol. The van der Waals surface area contributed by atoms with E-state index < -0.39 is 5.82 Å². The van der Waals surface area contributed by atoms with Crippen molar-refractivity contribution in [2.75, 3.05) is 29.6 Å². The van der Waals surface area contributed by atoms with Gasteiger partial charge in [-0.3, -0.25) is 0 Å². The van der Waals surface area contributed by atoms with Gasteiger partial charge in [-0.05, 0) is 62.0 Å². The van der Waals surface area contributed by atoms with E-state index in [0.717, 1.165) is 25.3 Å². The average molecular weight is 441 g/mol. The summed E-state index contributed by atoms with van der Waals surface area (Å²) < 4.78 is 19.7. The number of nitrogens with two attached hydrogens (primary N) is 1. The lowest BCUT2D eigenvalue weighted by molar-refractivity contribution is 0.363. The summed E-state index contributed by atoms with van der Waals surface area (Å²) in [5.74, 6) is 3.01. The van der Waals surface area contributed by atoms with Gasteiger partial charge in [-0.15, -0.1) is 0 Å². The van der Waals surface area contributed by atoms with E-state index >= 15 is 0 Å². The van der Waals surface area contributed by atoms with Gasteiger partial charge in [0.05, 0.1) is 7.11 Å². The van der Waals surface area contributed by atoms with Crippen molar-refractivity contribution in [3.63, 3.8) is 0 Å². The van der Waals surface area contributed by atoms with Gasteiger partial charge >= 0.3 is 0 Å². The summed E-state index contributed by atoms with van der Waals surface area (Å²) in [6, 6.07) is 5.39. The highest BCUT2D eigenvalue weighted by Crippen LogP contribution is 2.45. The molecule has 2 aromatic rings. The topological polar surface area (TPSA) is 89.2 Å². The molecule has 8 heteroatoms. The molecular formula is C24H33FN6O. The van der Waals surface area contributed by atoms with Gasteiger partial charge in [0.15, 0.2) is 11.6 Å². The number of nitrogens with one attached hydrogen (secondary N) is 1. The van der Waals surface area contributed by atoms with Crippen molar-refractivity contribution < 1.29 is 9.13 Å². The molecule has 172 valence electrons. The minimum absolute atomic E-state index is 0.184. The molecule has 0 saturated heterocycles. The number of anilines is 4. The highest BCUT2D eigenvalue weighted by atomic mass is 19.1. The van der Waals surface area contributed by atoms with Crippen LogP contribution in [0.15, 0.2) is 18.2 Å². The molecule has 32 heavy (non-hydrogen) atoms. The highest BCUT2D eigenvalue weighted by molar-refractivity contribution is 5.60. The summed E-state index contributed by atoms with van der Waals surface area (Å²) in [6.07, 6.45) is 11.1. The van der Waals surface area contributed by atoms with E-state index in [0.29, 0.717) is 35.5 Å². The fourth-order valence-corrected chi connectivity index (χ4v) is 5.91. The summed E-state index contributed by atoms with van der Waals surface area (Å²) in [4.78, 5) is 15.6. The van der Waals surface area contributed by atoms with Crippen molar-refractivity contribution >= 4 is 23.5 Å². The Morgan fingerprint density at radius 1 is 1.09 bits per heavy atom. The Kier molecular flexibility index (Phi) is 6.02. The van der Waals surface area contributed by atoms with E-state index in [1.54, 1.807) is 6.07 Å². The van der Waals surface area contributed by atoms with Crippen molar-refractivity contribution in [2.45, 2.75) is 63.8 Å². The van der Waals surface area contributed by atoms with Crippen LogP contribution in [0.2, 0.25) is 0 Å². The Balaban J connectivity index is 1.44. The SMILES string of the molecule is COc1ccc(N(CC2CCCCC2)c2nc(N)nc(NC3CC4CCC3C4)n2)cc1F. The molecule has 0 amide bonds. The Hall–Kier alpha value is -2.64. The van der Waals surface area contributed by atoms with Gasteiger partial charge in [-0.2, -0.15) is 15.0 Å². The van der Waals surface area contributed by atoms with Gasteiger partial charge in [0.1, 0.15) is 0 Å². The third-order valence-electron chi connectivity index (χ3n) is 7.55. The molecule has 1 aromatic carbocycles. The summed E-state index contributed by atoms with van der Waals surface area (Å²) >= 11 is 0. The van der Waals surface area contributed by atoms with Gasteiger partial charge in [0, 0.05) is 24.3 Å². The van der Waals surface area contributed by atoms with Crippen LogP contribution in [0.25, 0.3) is 0 Å². The van der Waals surface area contributed by atoms with Gasteiger partial charge in [-0.1, -0.05) is 25.7 Å². The van der Waals surface area contributed by atoms with Crippen LogP contribution in [0.3, 0.4) is 0 Å². The van der Waals surface area contributed by atoms with Crippen LogP contribution >= 0.6 is 0 Å². The van der Waals surface area contributed by atoms with E-state index in [1.807, 2.05) is 11.0 Å². The first-order valence-electron chi connectivity index (χ1n) is 12.0. The molecule has 3 aliphatic rings. The molecule has 3 saturated carbocycles. The number of nitrogens with zero attached hydrogens (tertiary/aromatic N) is 4. The lowest BCUT2D eigenvalue weighted by Crippen LogP contribution is -2.30. The summed E-state index contributed by atoms with van der Waals surface area (Å²) in [5, 5.41) is 3.53. The number of hydrogen-bond donors (Lipinski definition) is 2. The first-order chi connectivity index (χ1) is 15.6. The molecule has 3 atom stereocenters. The number of halogens is 1. The normalized spacial score (nSPS) is 25.1. The molecule has 3 aliphatic carbocycles. The van der Waals surface area contributed by atoms with Crippen molar-refractivity contribution in [3.05, 3.63) is 24.0 Å². The van der Waals surface area contributed by atoms with Crippen LogP contribution in [0.1, 0.15) is 57.8 Å². The number of nitrogen functional groups attached to an aromatic ring is 1. The maximum absolute atomic E-state index is 14.6. The van der Waals surface area contributed by atoms with E-state index in [-0.39, 0.29) is 11.7 Å². The van der Waals surface area contributed by atoms with Crippen LogP contribution in [0.5, 0.6) is 5.75 Å². The van der Waals surface area contributed by atoms with Crippen LogP contribution in [-0.4, -0.2) is 34.6 Å². The highest BCUT2D eigenvalue weighted by Gasteiger charge is 2.39. The molecule has 3 N–H and O–H groups in total. The van der Waals surface area contributed by atoms with Gasteiger partial charge in [0.25, 0.3) is 0 Å². The molecule has 0 radical (unpaired) electrons. The standard InChI is InChI=1S/C24H33FN6O/c1-32-21-10-9-18(13-19(21)25)31(14-15-5-3-2-4-6-15)24-29-22(26)28-23(30-24)27-20-12-16-7-8-17(20)11-16/h9-10,13,15-17,20H,2-8,11-12,14H2,1H3,(H3,26,27,28,29,30). The van der Waals surface area contributed by atoms with Gasteiger partial charge in [0.2, 0.25) is 17.8 Å². The first kappa shape index (κ1) is 21.2. The zero-order chi connectivity index (χ0) is 22.1. The lowest BCUT2D eigenvalue weighted by atomic mass is 9.89. The summed E-state index contributed by atoms with van der Waals surface area (Å²) in [5.41, 5.74) is 6.81. The van der Waals surface area contributed by atoms with Crippen molar-refractivity contribution in [2.24, 2.45) is 17.8 Å². The third-order valence-corrected chi connectivity index (χ3v) is 7.55. The second-order valence-corrected chi connectivity index (χ2v) is 9.68. The molecule has 3 fully saturated rings. The largest absolute Gasteiger partial charge is 0.494 e. The fraction of sp³-hybridized carbons (Fsp3) is 0.625. The zero-order valence-electron chi connectivity index (χ0n) is 18.8. The maximum atomic E-state index is 14.6. The second kappa shape index (κ2) is 9.08. The Morgan fingerprint density at radius 2 is 1.94 bits per heavy atom. The fourth-order valence-electron chi connectivity index (χ4n) is 5.91. The number of rotatable bonds is 7. The quantitative estimate of drug-likeness (QED) is 0.632. The van der Waals surface area contributed by atoms with E-state index in [2.05, 4.69) is 15.3 Å². The molecule has 7 nitrogen and oxygen atoms in total. The lowest BCUT2D eigenvalue weighted by Gasteiger charge is -2.30. The minimum atomic E-state index is -0.402. The molecule has 0 aliphatic heterocycles. The van der Waals surface area contributed by atoms with Crippen molar-refractivity contribution in [1.82, 2.24) is 15.0 Å². The Bertz CT molecular complexity index is 950. The third kappa shape index (κ3) is 4.45. The average Bonchev–Trinajstić information content (AvgIpc) is 3.41. The summed E-state index contributed by atoms with van der Waals surface area (Å²) in [6.45, 7) is 0.725.